The van der Waals surface area contributed by atoms with Gasteiger partial charge in [0, 0.05) is 18.3 Å². The Morgan fingerprint density at radius 3 is 2.93 bits per heavy atom. The van der Waals surface area contributed by atoms with E-state index in [1.54, 1.807) is 18.3 Å². The average molecular weight is 413 g/mol. The Hall–Kier alpha value is -3.15. The predicted molar refractivity (Wildman–Crippen MR) is 104 cm³/mol. The zero-order valence-electron chi connectivity index (χ0n) is 17.0. The van der Waals surface area contributed by atoms with Crippen LogP contribution in [0.15, 0.2) is 24.5 Å². The van der Waals surface area contributed by atoms with Crippen molar-refractivity contribution >= 4 is 6.09 Å². The molecule has 1 aliphatic carbocycles. The number of nitrogens with zero attached hydrogens (tertiary/aromatic N) is 5. The second kappa shape index (κ2) is 7.94. The number of ether oxygens (including phenoxy) is 2. The summed E-state index contributed by atoms with van der Waals surface area (Å²) in [5.41, 5.74) is 1.20. The maximum Gasteiger partial charge on any atom is 0.410 e. The lowest BCUT2D eigenvalue weighted by Gasteiger charge is -2.34. The number of nitriles is 1. The Labute approximate surface area is 174 Å². The molecule has 30 heavy (non-hydrogen) atoms. The molecule has 9 heteroatoms. The van der Waals surface area contributed by atoms with Crippen LogP contribution in [0.3, 0.4) is 0 Å². The number of piperidine rings is 1. The van der Waals surface area contributed by atoms with Crippen molar-refractivity contribution in [3.8, 4) is 11.8 Å². The maximum atomic E-state index is 15.0. The first-order valence-corrected chi connectivity index (χ1v) is 10.0. The maximum absolute atomic E-state index is 15.0. The van der Waals surface area contributed by atoms with Gasteiger partial charge in [0.25, 0.3) is 0 Å². The third-order valence-corrected chi connectivity index (χ3v) is 5.69. The molecule has 2 unspecified atom stereocenters. The molecular formula is C21H24FN5O3. The number of aryl methyl sites for hydroxylation is 1. The highest BCUT2D eigenvalue weighted by atomic mass is 19.1. The van der Waals surface area contributed by atoms with E-state index in [4.69, 9.17) is 9.47 Å². The molecule has 1 amide bonds. The smallest absolute Gasteiger partial charge is 0.410 e. The fourth-order valence-corrected chi connectivity index (χ4v) is 3.54. The van der Waals surface area contributed by atoms with Crippen molar-refractivity contribution in [2.75, 3.05) is 13.1 Å². The fraction of sp³-hybridized carbons (Fsp3) is 0.524. The lowest BCUT2D eigenvalue weighted by molar-refractivity contribution is 0.0292. The number of hydrogen-bond acceptors (Lipinski definition) is 6. The first kappa shape index (κ1) is 20.1. The molecular weight excluding hydrogens is 389 g/mol. The molecule has 3 heterocycles. The van der Waals surface area contributed by atoms with Crippen molar-refractivity contribution < 1.29 is 18.7 Å². The molecule has 8 nitrogen and oxygen atoms in total. The molecule has 1 aliphatic heterocycles. The summed E-state index contributed by atoms with van der Waals surface area (Å²) in [6, 6.07) is 5.07. The van der Waals surface area contributed by atoms with Gasteiger partial charge >= 0.3 is 6.09 Å². The Morgan fingerprint density at radius 1 is 1.47 bits per heavy atom. The van der Waals surface area contributed by atoms with Gasteiger partial charge in [0.15, 0.2) is 0 Å². The highest BCUT2D eigenvalue weighted by molar-refractivity contribution is 5.68. The molecule has 2 atom stereocenters. The molecule has 2 aliphatic rings. The SMILES string of the molecule is Cc1ncccc1OCc1cnn(C2CCN(C(=O)OC3(C)CC3)CC2F)c1C#N. The van der Waals surface area contributed by atoms with Crippen molar-refractivity contribution in [2.45, 2.75) is 57.5 Å². The second-order valence-electron chi connectivity index (χ2n) is 8.09. The van der Waals surface area contributed by atoms with Crippen LogP contribution >= 0.6 is 0 Å². The zero-order chi connectivity index (χ0) is 21.3. The minimum atomic E-state index is -1.35. The molecule has 1 saturated carbocycles. The number of aromatic nitrogens is 3. The van der Waals surface area contributed by atoms with Gasteiger partial charge in [0.1, 0.15) is 35.9 Å². The van der Waals surface area contributed by atoms with E-state index in [0.717, 1.165) is 18.5 Å². The summed E-state index contributed by atoms with van der Waals surface area (Å²) >= 11 is 0. The highest BCUT2D eigenvalue weighted by Crippen LogP contribution is 2.39. The lowest BCUT2D eigenvalue weighted by Crippen LogP contribution is -2.47. The molecule has 2 aromatic heterocycles. The lowest BCUT2D eigenvalue weighted by atomic mass is 10.0. The van der Waals surface area contributed by atoms with E-state index in [2.05, 4.69) is 16.2 Å². The van der Waals surface area contributed by atoms with Crippen LogP contribution < -0.4 is 4.74 Å². The number of rotatable bonds is 5. The van der Waals surface area contributed by atoms with Gasteiger partial charge in [0.2, 0.25) is 0 Å². The Balaban J connectivity index is 1.42. The van der Waals surface area contributed by atoms with E-state index in [1.165, 1.54) is 15.8 Å². The van der Waals surface area contributed by atoms with Crippen molar-refractivity contribution in [1.82, 2.24) is 19.7 Å². The largest absolute Gasteiger partial charge is 0.487 e. The number of alkyl halides is 1. The molecule has 2 aromatic rings. The third kappa shape index (κ3) is 4.08. The van der Waals surface area contributed by atoms with Gasteiger partial charge in [-0.05, 0) is 45.2 Å². The normalized spacial score (nSPS) is 22.3. The number of hydrogen-bond donors (Lipinski definition) is 0. The minimum Gasteiger partial charge on any atom is -0.487 e. The number of pyridine rings is 1. The van der Waals surface area contributed by atoms with Crippen LogP contribution in [0.2, 0.25) is 0 Å². The Kier molecular flexibility index (Phi) is 5.33. The molecule has 0 spiro atoms. The number of carbonyl (C=O) groups excluding carboxylic acids is 1. The van der Waals surface area contributed by atoms with E-state index < -0.39 is 23.9 Å². The van der Waals surface area contributed by atoms with Crippen LogP contribution in [0.25, 0.3) is 0 Å². The zero-order valence-corrected chi connectivity index (χ0v) is 17.0. The molecule has 4 rings (SSSR count). The van der Waals surface area contributed by atoms with Crippen LogP contribution in [-0.2, 0) is 11.3 Å². The number of likely N-dealkylation sites (tertiary alicyclic amines) is 1. The predicted octanol–water partition coefficient (Wildman–Crippen LogP) is 3.31. The topological polar surface area (TPSA) is 93.3 Å². The van der Waals surface area contributed by atoms with E-state index >= 15 is 0 Å². The molecule has 1 saturated heterocycles. The Bertz CT molecular complexity index is 981. The summed E-state index contributed by atoms with van der Waals surface area (Å²) in [5, 5.41) is 13.9. The van der Waals surface area contributed by atoms with Crippen LogP contribution in [0.5, 0.6) is 5.75 Å². The summed E-state index contributed by atoms with van der Waals surface area (Å²) in [5.74, 6) is 0.619. The molecule has 0 radical (unpaired) electrons. The molecule has 158 valence electrons. The van der Waals surface area contributed by atoms with Gasteiger partial charge < -0.3 is 14.4 Å². The number of amides is 1. The van der Waals surface area contributed by atoms with Gasteiger partial charge in [0.05, 0.1) is 24.5 Å². The van der Waals surface area contributed by atoms with Crippen LogP contribution in [0, 0.1) is 18.3 Å². The van der Waals surface area contributed by atoms with Crippen molar-refractivity contribution in [1.29, 1.82) is 5.26 Å². The number of carbonyl (C=O) groups is 1. The Morgan fingerprint density at radius 2 is 2.27 bits per heavy atom. The fourth-order valence-electron chi connectivity index (χ4n) is 3.54. The van der Waals surface area contributed by atoms with E-state index in [1.807, 2.05) is 13.8 Å². The summed E-state index contributed by atoms with van der Waals surface area (Å²) in [7, 11) is 0. The van der Waals surface area contributed by atoms with Gasteiger partial charge in [-0.15, -0.1) is 0 Å². The molecule has 0 bridgehead atoms. The van der Waals surface area contributed by atoms with Crippen LogP contribution in [-0.4, -0.2) is 50.6 Å². The van der Waals surface area contributed by atoms with Crippen molar-refractivity contribution in [3.05, 3.63) is 41.5 Å². The van der Waals surface area contributed by atoms with Crippen molar-refractivity contribution in [3.63, 3.8) is 0 Å². The minimum absolute atomic E-state index is 0.0784. The first-order valence-electron chi connectivity index (χ1n) is 10.0. The van der Waals surface area contributed by atoms with Crippen LogP contribution in [0.4, 0.5) is 9.18 Å². The van der Waals surface area contributed by atoms with Crippen molar-refractivity contribution in [2.24, 2.45) is 0 Å². The van der Waals surface area contributed by atoms with E-state index in [-0.39, 0.29) is 18.8 Å². The highest BCUT2D eigenvalue weighted by Gasteiger charge is 2.44. The standard InChI is InChI=1S/C21H24FN5O3/c1-14-19(4-3-8-24-14)29-13-15-11-25-27(18(15)10-23)17-5-9-26(12-16(17)22)20(28)30-21(2)6-7-21/h3-4,8,11,16-17H,5-7,9,12-13H2,1-2H3. The van der Waals surface area contributed by atoms with Crippen LogP contribution in [0.1, 0.15) is 49.2 Å². The quantitative estimate of drug-likeness (QED) is 0.747. The summed E-state index contributed by atoms with van der Waals surface area (Å²) in [6.45, 7) is 4.12. The first-order chi connectivity index (χ1) is 14.4. The monoisotopic (exact) mass is 413 g/mol. The third-order valence-electron chi connectivity index (χ3n) is 5.69. The summed E-state index contributed by atoms with van der Waals surface area (Å²) in [6.07, 6.45) is 3.43. The van der Waals surface area contributed by atoms with Gasteiger partial charge in [-0.3, -0.25) is 4.98 Å². The van der Waals surface area contributed by atoms with Gasteiger partial charge in [-0.1, -0.05) is 0 Å². The van der Waals surface area contributed by atoms with E-state index in [9.17, 15) is 14.4 Å². The molecule has 0 N–H and O–H groups in total. The number of halogens is 1. The van der Waals surface area contributed by atoms with Gasteiger partial charge in [-0.2, -0.15) is 10.4 Å². The second-order valence-corrected chi connectivity index (χ2v) is 8.09. The summed E-state index contributed by atoms with van der Waals surface area (Å²) < 4.78 is 27.6. The molecule has 0 aromatic carbocycles. The summed E-state index contributed by atoms with van der Waals surface area (Å²) in [4.78, 5) is 17.8. The average Bonchev–Trinajstić information content (AvgIpc) is 3.31. The molecule has 2 fully saturated rings. The van der Waals surface area contributed by atoms with E-state index in [0.29, 0.717) is 24.3 Å². The van der Waals surface area contributed by atoms with Gasteiger partial charge in [-0.25, -0.2) is 13.9 Å².